The number of methoxy groups -OCH3 is 1. The molecule has 1 heterocycles. The van der Waals surface area contributed by atoms with Gasteiger partial charge in [0.15, 0.2) is 23.4 Å². The van der Waals surface area contributed by atoms with Crippen LogP contribution in [0.5, 0.6) is 5.75 Å². The summed E-state index contributed by atoms with van der Waals surface area (Å²) in [6.45, 7) is 3.48. The minimum Gasteiger partial charge on any atom is -0.493 e. The molecule has 0 fully saturated rings. The number of fused-ring (bicyclic) bond motifs is 1. The highest BCUT2D eigenvalue weighted by atomic mass is 19.1. The van der Waals surface area contributed by atoms with Crippen molar-refractivity contribution in [3.63, 3.8) is 0 Å². The minimum absolute atomic E-state index is 0.0576. The highest BCUT2D eigenvalue weighted by molar-refractivity contribution is 5.99. The van der Waals surface area contributed by atoms with Crippen LogP contribution in [0.4, 0.5) is 8.78 Å². The fraction of sp³-hybridized carbons (Fsp3) is 0.308. The molecule has 0 saturated carbocycles. The van der Waals surface area contributed by atoms with E-state index >= 15 is 0 Å². The van der Waals surface area contributed by atoms with Gasteiger partial charge in [-0.3, -0.25) is 4.79 Å². The van der Waals surface area contributed by atoms with Gasteiger partial charge in [0, 0.05) is 12.0 Å². The van der Waals surface area contributed by atoms with Gasteiger partial charge in [0.05, 0.1) is 18.1 Å². The van der Waals surface area contributed by atoms with Gasteiger partial charge in [-0.1, -0.05) is 13.8 Å². The summed E-state index contributed by atoms with van der Waals surface area (Å²) in [6, 6.07) is 1.01. The lowest BCUT2D eigenvalue weighted by atomic mass is 10.1. The van der Waals surface area contributed by atoms with E-state index in [2.05, 4.69) is 0 Å². The lowest BCUT2D eigenvalue weighted by Crippen LogP contribution is -1.94. The standard InChI is InChI=1S/C13H12F2O3/c1-6(2)12-11(15)10-7(5-16)8(14)4-9(17-3)13(10)18-12/h4-6H,1-3H3. The molecular formula is C13H12F2O3. The Morgan fingerprint density at radius 3 is 2.56 bits per heavy atom. The molecule has 2 aromatic rings. The zero-order valence-electron chi connectivity index (χ0n) is 10.2. The summed E-state index contributed by atoms with van der Waals surface area (Å²) in [4.78, 5) is 10.9. The maximum absolute atomic E-state index is 14.1. The number of furan rings is 1. The number of hydrogen-bond acceptors (Lipinski definition) is 3. The SMILES string of the molecule is COc1cc(F)c(C=O)c2c(F)c(C(C)C)oc12. The van der Waals surface area contributed by atoms with Crippen molar-refractivity contribution in [1.82, 2.24) is 0 Å². The van der Waals surface area contributed by atoms with Gasteiger partial charge in [-0.25, -0.2) is 8.78 Å². The minimum atomic E-state index is -0.829. The first-order valence-corrected chi connectivity index (χ1v) is 5.44. The predicted octanol–water partition coefficient (Wildman–Crippen LogP) is 3.66. The van der Waals surface area contributed by atoms with E-state index in [1.165, 1.54) is 7.11 Å². The molecule has 0 atom stereocenters. The molecule has 1 aromatic carbocycles. The fourth-order valence-corrected chi connectivity index (χ4v) is 1.86. The second kappa shape index (κ2) is 4.40. The van der Waals surface area contributed by atoms with E-state index in [0.29, 0.717) is 0 Å². The van der Waals surface area contributed by atoms with E-state index in [0.717, 1.165) is 6.07 Å². The summed E-state index contributed by atoms with van der Waals surface area (Å²) >= 11 is 0. The van der Waals surface area contributed by atoms with Crippen molar-refractivity contribution in [2.24, 2.45) is 0 Å². The number of aldehydes is 1. The van der Waals surface area contributed by atoms with Crippen molar-refractivity contribution in [2.75, 3.05) is 7.11 Å². The van der Waals surface area contributed by atoms with Crippen LogP contribution in [0.1, 0.15) is 35.9 Å². The van der Waals surface area contributed by atoms with Crippen LogP contribution in [0.15, 0.2) is 10.5 Å². The van der Waals surface area contributed by atoms with Gasteiger partial charge >= 0.3 is 0 Å². The first kappa shape index (κ1) is 12.5. The van der Waals surface area contributed by atoms with Gasteiger partial charge in [-0.2, -0.15) is 0 Å². The number of carbonyl (C=O) groups excluding carboxylic acids is 1. The van der Waals surface area contributed by atoms with Crippen LogP contribution in [0, 0.1) is 11.6 Å². The van der Waals surface area contributed by atoms with Gasteiger partial charge in [0.2, 0.25) is 0 Å². The monoisotopic (exact) mass is 254 g/mol. The number of rotatable bonds is 3. The molecule has 0 radical (unpaired) electrons. The van der Waals surface area contributed by atoms with Crippen molar-refractivity contribution in [3.8, 4) is 5.75 Å². The molecule has 0 aliphatic carbocycles. The Morgan fingerprint density at radius 2 is 2.06 bits per heavy atom. The fourth-order valence-electron chi connectivity index (χ4n) is 1.86. The predicted molar refractivity (Wildman–Crippen MR) is 62.2 cm³/mol. The molecule has 0 amide bonds. The maximum atomic E-state index is 14.1. The Morgan fingerprint density at radius 1 is 1.39 bits per heavy atom. The highest BCUT2D eigenvalue weighted by Gasteiger charge is 2.24. The normalized spacial score (nSPS) is 11.2. The number of benzene rings is 1. The molecule has 0 bridgehead atoms. The first-order chi connectivity index (χ1) is 8.51. The van der Waals surface area contributed by atoms with Crippen LogP contribution in [0.3, 0.4) is 0 Å². The lowest BCUT2D eigenvalue weighted by Gasteiger charge is -2.03. The largest absolute Gasteiger partial charge is 0.493 e. The average molecular weight is 254 g/mol. The molecule has 0 unspecified atom stereocenters. The van der Waals surface area contributed by atoms with Crippen molar-refractivity contribution in [3.05, 3.63) is 29.0 Å². The van der Waals surface area contributed by atoms with Crippen molar-refractivity contribution >= 4 is 17.3 Å². The average Bonchev–Trinajstić information content (AvgIpc) is 2.67. The van der Waals surface area contributed by atoms with Crippen molar-refractivity contribution < 1.29 is 22.7 Å². The maximum Gasteiger partial charge on any atom is 0.180 e. The Labute approximate surface area is 102 Å². The Balaban J connectivity index is 2.94. The van der Waals surface area contributed by atoms with Gasteiger partial charge in [0.1, 0.15) is 11.6 Å². The van der Waals surface area contributed by atoms with E-state index in [1.807, 2.05) is 0 Å². The smallest absolute Gasteiger partial charge is 0.180 e. The molecule has 1 aromatic heterocycles. The number of hydrogen-bond donors (Lipinski definition) is 0. The van der Waals surface area contributed by atoms with Crippen LogP contribution in [-0.2, 0) is 0 Å². The van der Waals surface area contributed by atoms with Gasteiger partial charge in [0.25, 0.3) is 0 Å². The van der Waals surface area contributed by atoms with Crippen LogP contribution >= 0.6 is 0 Å². The molecule has 0 saturated heterocycles. The molecule has 96 valence electrons. The lowest BCUT2D eigenvalue weighted by molar-refractivity contribution is 0.112. The summed E-state index contributed by atoms with van der Waals surface area (Å²) in [6.07, 6.45) is 0.278. The summed E-state index contributed by atoms with van der Waals surface area (Å²) in [5.74, 6) is -1.61. The second-order valence-corrected chi connectivity index (χ2v) is 4.23. The molecule has 0 aliphatic rings. The van der Waals surface area contributed by atoms with Crippen molar-refractivity contribution in [1.29, 1.82) is 0 Å². The van der Waals surface area contributed by atoms with Gasteiger partial charge in [-0.05, 0) is 0 Å². The number of carbonyl (C=O) groups is 1. The van der Waals surface area contributed by atoms with Crippen LogP contribution in [0.2, 0.25) is 0 Å². The Hall–Kier alpha value is -1.91. The summed E-state index contributed by atoms with van der Waals surface area (Å²) < 4.78 is 38.1. The van der Waals surface area contributed by atoms with Crippen LogP contribution < -0.4 is 4.74 Å². The van der Waals surface area contributed by atoms with E-state index in [9.17, 15) is 13.6 Å². The third-order valence-electron chi connectivity index (χ3n) is 2.75. The van der Waals surface area contributed by atoms with Crippen LogP contribution in [0.25, 0.3) is 11.0 Å². The quantitative estimate of drug-likeness (QED) is 0.785. The van der Waals surface area contributed by atoms with E-state index < -0.39 is 11.6 Å². The van der Waals surface area contributed by atoms with Gasteiger partial charge < -0.3 is 9.15 Å². The zero-order chi connectivity index (χ0) is 13.4. The first-order valence-electron chi connectivity index (χ1n) is 5.44. The molecule has 0 aliphatic heterocycles. The van der Waals surface area contributed by atoms with E-state index in [4.69, 9.17) is 9.15 Å². The van der Waals surface area contributed by atoms with Gasteiger partial charge in [-0.15, -0.1) is 0 Å². The molecule has 0 N–H and O–H groups in total. The number of halogens is 2. The molecular weight excluding hydrogens is 242 g/mol. The third kappa shape index (κ3) is 1.66. The topological polar surface area (TPSA) is 39.4 Å². The summed E-state index contributed by atoms with van der Waals surface area (Å²) in [5, 5.41) is -0.162. The molecule has 18 heavy (non-hydrogen) atoms. The molecule has 2 rings (SSSR count). The second-order valence-electron chi connectivity index (χ2n) is 4.23. The Bertz CT molecular complexity index is 614. The van der Waals surface area contributed by atoms with Crippen LogP contribution in [-0.4, -0.2) is 13.4 Å². The molecule has 3 nitrogen and oxygen atoms in total. The summed E-state index contributed by atoms with van der Waals surface area (Å²) in [5.41, 5.74) is -0.291. The zero-order valence-corrected chi connectivity index (χ0v) is 10.2. The molecule has 0 spiro atoms. The third-order valence-corrected chi connectivity index (χ3v) is 2.75. The Kier molecular flexibility index (Phi) is 3.07. The van der Waals surface area contributed by atoms with E-state index in [1.54, 1.807) is 13.8 Å². The highest BCUT2D eigenvalue weighted by Crippen LogP contribution is 2.37. The molecule has 5 heteroatoms. The number of ether oxygens (including phenoxy) is 1. The summed E-state index contributed by atoms with van der Waals surface area (Å²) in [7, 11) is 1.32. The van der Waals surface area contributed by atoms with Crippen molar-refractivity contribution in [2.45, 2.75) is 19.8 Å². The van der Waals surface area contributed by atoms with E-state index in [-0.39, 0.29) is 40.2 Å².